The Balaban J connectivity index is 1.90. The van der Waals surface area contributed by atoms with E-state index < -0.39 is 0 Å². The Kier molecular flexibility index (Phi) is 4.95. The molecule has 0 aromatic heterocycles. The van der Waals surface area contributed by atoms with Crippen LogP contribution in [0.15, 0.2) is 36.4 Å². The van der Waals surface area contributed by atoms with Gasteiger partial charge in [-0.3, -0.25) is 4.79 Å². The second-order valence-corrected chi connectivity index (χ2v) is 6.08. The zero-order valence-electron chi connectivity index (χ0n) is 14.1. The fourth-order valence-electron chi connectivity index (χ4n) is 3.34. The molecule has 0 spiro atoms. The van der Waals surface area contributed by atoms with Crippen molar-refractivity contribution in [2.75, 3.05) is 11.9 Å². The van der Waals surface area contributed by atoms with Gasteiger partial charge in [0.25, 0.3) is 0 Å². The van der Waals surface area contributed by atoms with E-state index in [2.05, 4.69) is 5.32 Å². The number of halogens is 1. The van der Waals surface area contributed by atoms with E-state index in [4.69, 9.17) is 4.74 Å². The number of hydrogen-bond donors (Lipinski definition) is 1. The van der Waals surface area contributed by atoms with Gasteiger partial charge in [-0.15, -0.1) is 0 Å². The first-order valence-electron chi connectivity index (χ1n) is 8.37. The Hall–Kier alpha value is -2.20. The molecule has 0 bridgehead atoms. The first kappa shape index (κ1) is 16.7. The second-order valence-electron chi connectivity index (χ2n) is 6.08. The molecule has 0 fully saturated rings. The van der Waals surface area contributed by atoms with Crippen LogP contribution in [0, 0.1) is 5.82 Å². The van der Waals surface area contributed by atoms with Crippen molar-refractivity contribution >= 4 is 11.5 Å². The number of nitrogens with one attached hydrogen (secondary N) is 1. The summed E-state index contributed by atoms with van der Waals surface area (Å²) in [7, 11) is 0. The van der Waals surface area contributed by atoms with Gasteiger partial charge in [-0.25, -0.2) is 4.39 Å². The van der Waals surface area contributed by atoms with Crippen molar-refractivity contribution in [2.24, 2.45) is 0 Å². The van der Waals surface area contributed by atoms with Gasteiger partial charge >= 0.3 is 0 Å². The molecule has 2 aromatic rings. The highest BCUT2D eigenvalue weighted by Gasteiger charge is 2.31. The van der Waals surface area contributed by atoms with Crippen LogP contribution >= 0.6 is 0 Å². The van der Waals surface area contributed by atoms with Crippen LogP contribution in [0.4, 0.5) is 10.1 Å². The lowest BCUT2D eigenvalue weighted by atomic mass is 9.99. The standard InChI is InChI=1S/C20H22FNO2/c1-3-22-20-15-9-10-18(24-12-14-7-5-4-6-8-14)19(15)17(21)11-16(20)13(2)23/h4-8,11,18,22H,3,9-10,12H2,1-2H3. The highest BCUT2D eigenvalue weighted by molar-refractivity contribution is 6.00. The number of ether oxygens (including phenoxy) is 1. The summed E-state index contributed by atoms with van der Waals surface area (Å²) >= 11 is 0. The van der Waals surface area contributed by atoms with Crippen LogP contribution in [0.2, 0.25) is 0 Å². The molecule has 24 heavy (non-hydrogen) atoms. The van der Waals surface area contributed by atoms with E-state index in [-0.39, 0.29) is 17.7 Å². The van der Waals surface area contributed by atoms with Gasteiger partial charge < -0.3 is 10.1 Å². The van der Waals surface area contributed by atoms with Crippen LogP contribution in [-0.4, -0.2) is 12.3 Å². The molecule has 0 saturated heterocycles. The first-order valence-corrected chi connectivity index (χ1v) is 8.37. The van der Waals surface area contributed by atoms with Gasteiger partial charge in [-0.05, 0) is 43.9 Å². The summed E-state index contributed by atoms with van der Waals surface area (Å²) in [6, 6.07) is 11.2. The number of carbonyl (C=O) groups is 1. The van der Waals surface area contributed by atoms with E-state index in [1.165, 1.54) is 13.0 Å². The van der Waals surface area contributed by atoms with Crippen LogP contribution < -0.4 is 5.32 Å². The number of fused-ring (bicyclic) bond motifs is 1. The summed E-state index contributed by atoms with van der Waals surface area (Å²) in [5.74, 6) is -0.464. The number of rotatable bonds is 6. The Morgan fingerprint density at radius 2 is 2.08 bits per heavy atom. The summed E-state index contributed by atoms with van der Waals surface area (Å²) in [6.07, 6.45) is 1.19. The Bertz CT molecular complexity index is 743. The lowest BCUT2D eigenvalue weighted by Crippen LogP contribution is -2.10. The van der Waals surface area contributed by atoms with Gasteiger partial charge in [0.1, 0.15) is 5.82 Å². The number of hydrogen-bond acceptors (Lipinski definition) is 3. The molecule has 0 heterocycles. The Labute approximate surface area is 141 Å². The van der Waals surface area contributed by atoms with Gasteiger partial charge in [-0.2, -0.15) is 0 Å². The predicted octanol–water partition coefficient (Wildman–Crippen LogP) is 4.66. The van der Waals surface area contributed by atoms with Crippen molar-refractivity contribution in [3.8, 4) is 0 Å². The van der Waals surface area contributed by atoms with Crippen molar-refractivity contribution in [3.05, 3.63) is 64.5 Å². The zero-order valence-corrected chi connectivity index (χ0v) is 14.1. The first-order chi connectivity index (χ1) is 11.6. The van der Waals surface area contributed by atoms with E-state index in [0.29, 0.717) is 24.3 Å². The van der Waals surface area contributed by atoms with Gasteiger partial charge in [0.15, 0.2) is 5.78 Å². The molecule has 0 radical (unpaired) electrons. The minimum Gasteiger partial charge on any atom is -0.385 e. The maximum atomic E-state index is 14.6. The zero-order chi connectivity index (χ0) is 17.1. The summed E-state index contributed by atoms with van der Waals surface area (Å²) in [4.78, 5) is 11.8. The molecular formula is C20H22FNO2. The fourth-order valence-corrected chi connectivity index (χ4v) is 3.34. The maximum absolute atomic E-state index is 14.6. The van der Waals surface area contributed by atoms with E-state index in [1.807, 2.05) is 37.3 Å². The van der Waals surface area contributed by atoms with Crippen LogP contribution in [0.1, 0.15) is 53.4 Å². The van der Waals surface area contributed by atoms with E-state index in [1.54, 1.807) is 0 Å². The van der Waals surface area contributed by atoms with E-state index in [0.717, 1.165) is 29.7 Å². The SMILES string of the molecule is CCNc1c(C(C)=O)cc(F)c2c1CCC2OCc1ccccc1. The fraction of sp³-hybridized carbons (Fsp3) is 0.350. The van der Waals surface area contributed by atoms with Gasteiger partial charge in [0.05, 0.1) is 12.7 Å². The van der Waals surface area contributed by atoms with Crippen molar-refractivity contribution in [2.45, 2.75) is 39.4 Å². The minimum absolute atomic E-state index is 0.124. The third-order valence-electron chi connectivity index (χ3n) is 4.43. The molecule has 2 aromatic carbocycles. The molecule has 3 rings (SSSR count). The highest BCUT2D eigenvalue weighted by atomic mass is 19.1. The molecule has 4 heteroatoms. The van der Waals surface area contributed by atoms with Crippen molar-refractivity contribution in [3.63, 3.8) is 0 Å². The average molecular weight is 327 g/mol. The van der Waals surface area contributed by atoms with Crippen LogP contribution in [0.25, 0.3) is 0 Å². The van der Waals surface area contributed by atoms with Crippen LogP contribution in [0.3, 0.4) is 0 Å². The third kappa shape index (κ3) is 3.20. The second kappa shape index (κ2) is 7.14. The summed E-state index contributed by atoms with van der Waals surface area (Å²) in [6.45, 7) is 4.58. The normalized spacial score (nSPS) is 16.0. The number of ketones is 1. The van der Waals surface area contributed by atoms with Crippen molar-refractivity contribution in [1.29, 1.82) is 0 Å². The Morgan fingerprint density at radius 1 is 1.33 bits per heavy atom. The highest BCUT2D eigenvalue weighted by Crippen LogP contribution is 2.42. The summed E-state index contributed by atoms with van der Waals surface area (Å²) in [5.41, 5.74) is 3.76. The lowest BCUT2D eigenvalue weighted by molar-refractivity contribution is 0.0390. The van der Waals surface area contributed by atoms with Crippen LogP contribution in [-0.2, 0) is 17.8 Å². The quantitative estimate of drug-likeness (QED) is 0.784. The summed E-state index contributed by atoms with van der Waals surface area (Å²) < 4.78 is 20.6. The summed E-state index contributed by atoms with van der Waals surface area (Å²) in [5, 5.41) is 3.24. The van der Waals surface area contributed by atoms with Crippen molar-refractivity contribution < 1.29 is 13.9 Å². The molecule has 3 nitrogen and oxygen atoms in total. The molecule has 0 aliphatic heterocycles. The minimum atomic E-state index is -0.340. The number of benzene rings is 2. The van der Waals surface area contributed by atoms with Gasteiger partial charge in [0, 0.05) is 23.4 Å². The molecular weight excluding hydrogens is 305 g/mol. The molecule has 1 unspecified atom stereocenters. The molecule has 0 amide bonds. The molecule has 1 aliphatic carbocycles. The third-order valence-corrected chi connectivity index (χ3v) is 4.43. The lowest BCUT2D eigenvalue weighted by Gasteiger charge is -2.18. The maximum Gasteiger partial charge on any atom is 0.161 e. The van der Waals surface area contributed by atoms with Crippen LogP contribution in [0.5, 0.6) is 0 Å². The predicted molar refractivity (Wildman–Crippen MR) is 92.9 cm³/mol. The molecule has 0 saturated carbocycles. The van der Waals surface area contributed by atoms with E-state index in [9.17, 15) is 9.18 Å². The number of anilines is 1. The van der Waals surface area contributed by atoms with E-state index >= 15 is 0 Å². The topological polar surface area (TPSA) is 38.3 Å². The number of Topliss-reactive ketones (excluding diaryl/α,β-unsaturated/α-hetero) is 1. The van der Waals surface area contributed by atoms with Gasteiger partial charge in [0.2, 0.25) is 0 Å². The molecule has 1 atom stereocenters. The Morgan fingerprint density at radius 3 is 2.75 bits per heavy atom. The van der Waals surface area contributed by atoms with Crippen molar-refractivity contribution in [1.82, 2.24) is 0 Å². The molecule has 1 N–H and O–H groups in total. The van der Waals surface area contributed by atoms with Gasteiger partial charge in [-0.1, -0.05) is 30.3 Å². The smallest absolute Gasteiger partial charge is 0.161 e. The monoisotopic (exact) mass is 327 g/mol. The molecule has 126 valence electrons. The largest absolute Gasteiger partial charge is 0.385 e. The molecule has 1 aliphatic rings. The number of carbonyl (C=O) groups excluding carboxylic acids is 1. The average Bonchev–Trinajstić information content (AvgIpc) is 3.01.